The molecular weight excluding hydrogens is 210 g/mol. The maximum atomic E-state index is 11.4. The number of nitrogens with one attached hydrogen (secondary N) is 2. The number of rotatable bonds is 2. The van der Waals surface area contributed by atoms with Gasteiger partial charge in [-0.1, -0.05) is 0 Å². The second-order valence-corrected chi connectivity index (χ2v) is 4.82. The van der Waals surface area contributed by atoms with E-state index in [1.807, 2.05) is 20.8 Å². The first-order valence-corrected chi connectivity index (χ1v) is 5.32. The van der Waals surface area contributed by atoms with E-state index in [0.29, 0.717) is 19.6 Å². The highest BCUT2D eigenvalue weighted by Gasteiger charge is 2.23. The van der Waals surface area contributed by atoms with Gasteiger partial charge >= 0.3 is 6.09 Å². The zero-order valence-electron chi connectivity index (χ0n) is 9.95. The standard InChI is InChI=1S/C10H19N3O3/c1-10(2,3)12-9(15)16-8-6-13(7-14)5-4-11-8/h7-8,11H,4-6H2,1-3H3,(H,12,15)/t8-/m0/s1. The molecule has 0 radical (unpaired) electrons. The quantitative estimate of drug-likeness (QED) is 0.649. The van der Waals surface area contributed by atoms with Crippen molar-refractivity contribution in [3.8, 4) is 0 Å². The summed E-state index contributed by atoms with van der Waals surface area (Å²) in [7, 11) is 0. The molecule has 2 amide bonds. The van der Waals surface area contributed by atoms with Crippen molar-refractivity contribution in [2.75, 3.05) is 19.6 Å². The van der Waals surface area contributed by atoms with Gasteiger partial charge in [0, 0.05) is 18.6 Å². The molecule has 92 valence electrons. The molecule has 1 heterocycles. The van der Waals surface area contributed by atoms with Crippen molar-refractivity contribution in [1.29, 1.82) is 0 Å². The molecule has 6 heteroatoms. The highest BCUT2D eigenvalue weighted by atomic mass is 16.6. The van der Waals surface area contributed by atoms with Crippen LogP contribution in [0.2, 0.25) is 0 Å². The van der Waals surface area contributed by atoms with Crippen molar-refractivity contribution in [2.24, 2.45) is 0 Å². The summed E-state index contributed by atoms with van der Waals surface area (Å²) in [5.74, 6) is 0. The zero-order chi connectivity index (χ0) is 12.2. The van der Waals surface area contributed by atoms with E-state index >= 15 is 0 Å². The van der Waals surface area contributed by atoms with Crippen LogP contribution in [-0.2, 0) is 9.53 Å². The summed E-state index contributed by atoms with van der Waals surface area (Å²) >= 11 is 0. The topological polar surface area (TPSA) is 70.7 Å². The molecule has 1 aliphatic rings. The second kappa shape index (κ2) is 5.16. The Bertz CT molecular complexity index is 263. The van der Waals surface area contributed by atoms with Gasteiger partial charge in [-0.05, 0) is 20.8 Å². The lowest BCUT2D eigenvalue weighted by molar-refractivity contribution is -0.121. The molecule has 1 aliphatic heterocycles. The van der Waals surface area contributed by atoms with Crippen LogP contribution < -0.4 is 10.6 Å². The number of carbonyl (C=O) groups excluding carboxylic acids is 2. The van der Waals surface area contributed by atoms with Crippen LogP contribution in [0.15, 0.2) is 0 Å². The fourth-order valence-corrected chi connectivity index (χ4v) is 1.38. The number of piperazine rings is 1. The van der Waals surface area contributed by atoms with Gasteiger partial charge < -0.3 is 15.0 Å². The molecular formula is C10H19N3O3. The minimum atomic E-state index is -0.474. The summed E-state index contributed by atoms with van der Waals surface area (Å²) in [6.45, 7) is 7.29. The number of ether oxygens (including phenoxy) is 1. The van der Waals surface area contributed by atoms with Gasteiger partial charge in [0.1, 0.15) is 0 Å². The Labute approximate surface area is 95.3 Å². The lowest BCUT2D eigenvalue weighted by Crippen LogP contribution is -2.54. The lowest BCUT2D eigenvalue weighted by Gasteiger charge is -2.31. The number of hydrogen-bond donors (Lipinski definition) is 2. The Morgan fingerprint density at radius 2 is 2.25 bits per heavy atom. The van der Waals surface area contributed by atoms with Gasteiger partial charge in [0.15, 0.2) is 6.23 Å². The van der Waals surface area contributed by atoms with E-state index in [9.17, 15) is 9.59 Å². The molecule has 0 saturated carbocycles. The third-order valence-corrected chi connectivity index (χ3v) is 2.05. The van der Waals surface area contributed by atoms with Crippen molar-refractivity contribution in [2.45, 2.75) is 32.5 Å². The molecule has 0 bridgehead atoms. The highest BCUT2D eigenvalue weighted by molar-refractivity contribution is 5.68. The summed E-state index contributed by atoms with van der Waals surface area (Å²) in [6.07, 6.45) is -0.141. The maximum absolute atomic E-state index is 11.4. The predicted molar refractivity (Wildman–Crippen MR) is 58.8 cm³/mol. The molecule has 0 spiro atoms. The SMILES string of the molecule is CC(C)(C)NC(=O)O[C@H]1CN(C=O)CCN1. The van der Waals surface area contributed by atoms with Crippen LogP contribution in [0.3, 0.4) is 0 Å². The van der Waals surface area contributed by atoms with E-state index in [1.165, 1.54) is 0 Å². The summed E-state index contributed by atoms with van der Waals surface area (Å²) in [5.41, 5.74) is -0.323. The molecule has 6 nitrogen and oxygen atoms in total. The first-order chi connectivity index (χ1) is 7.40. The van der Waals surface area contributed by atoms with Gasteiger partial charge in [0.05, 0.1) is 6.54 Å². The van der Waals surface area contributed by atoms with Crippen molar-refractivity contribution >= 4 is 12.5 Å². The van der Waals surface area contributed by atoms with Gasteiger partial charge in [-0.3, -0.25) is 10.1 Å². The third-order valence-electron chi connectivity index (χ3n) is 2.05. The summed E-state index contributed by atoms with van der Waals surface area (Å²) < 4.78 is 5.14. The minimum Gasteiger partial charge on any atom is -0.428 e. The number of carbonyl (C=O) groups is 2. The molecule has 2 N–H and O–H groups in total. The largest absolute Gasteiger partial charge is 0.428 e. The fourth-order valence-electron chi connectivity index (χ4n) is 1.38. The molecule has 0 aromatic carbocycles. The van der Waals surface area contributed by atoms with Crippen molar-refractivity contribution < 1.29 is 14.3 Å². The first kappa shape index (κ1) is 12.8. The summed E-state index contributed by atoms with van der Waals surface area (Å²) in [5, 5.41) is 5.71. The van der Waals surface area contributed by atoms with Gasteiger partial charge in [-0.2, -0.15) is 0 Å². The van der Waals surface area contributed by atoms with E-state index < -0.39 is 12.3 Å². The lowest BCUT2D eigenvalue weighted by atomic mass is 10.1. The van der Waals surface area contributed by atoms with Crippen molar-refractivity contribution in [1.82, 2.24) is 15.5 Å². The molecule has 0 unspecified atom stereocenters. The van der Waals surface area contributed by atoms with E-state index in [-0.39, 0.29) is 5.54 Å². The van der Waals surface area contributed by atoms with E-state index in [0.717, 1.165) is 6.41 Å². The summed E-state index contributed by atoms with van der Waals surface area (Å²) in [4.78, 5) is 23.6. The van der Waals surface area contributed by atoms with E-state index in [1.54, 1.807) is 4.90 Å². The Balaban J connectivity index is 2.36. The van der Waals surface area contributed by atoms with Crippen LogP contribution in [0.1, 0.15) is 20.8 Å². The van der Waals surface area contributed by atoms with Crippen LogP contribution in [-0.4, -0.2) is 48.8 Å². The average Bonchev–Trinajstić information content (AvgIpc) is 2.15. The number of alkyl carbamates (subject to hydrolysis) is 1. The second-order valence-electron chi connectivity index (χ2n) is 4.82. The van der Waals surface area contributed by atoms with Crippen LogP contribution >= 0.6 is 0 Å². The van der Waals surface area contributed by atoms with E-state index in [4.69, 9.17) is 4.74 Å². The van der Waals surface area contributed by atoms with Crippen LogP contribution in [0, 0.1) is 0 Å². The normalized spacial score (nSPS) is 21.4. The molecule has 1 saturated heterocycles. The van der Waals surface area contributed by atoms with Crippen molar-refractivity contribution in [3.63, 3.8) is 0 Å². The Morgan fingerprint density at radius 1 is 1.56 bits per heavy atom. The number of nitrogens with zero attached hydrogens (tertiary/aromatic N) is 1. The smallest absolute Gasteiger partial charge is 0.409 e. The third kappa shape index (κ3) is 4.48. The minimum absolute atomic E-state index is 0.323. The molecule has 0 aliphatic carbocycles. The Morgan fingerprint density at radius 3 is 2.81 bits per heavy atom. The van der Waals surface area contributed by atoms with Crippen LogP contribution in [0.5, 0.6) is 0 Å². The molecule has 1 fully saturated rings. The fraction of sp³-hybridized carbons (Fsp3) is 0.800. The maximum Gasteiger partial charge on any atom is 0.409 e. The monoisotopic (exact) mass is 229 g/mol. The number of amides is 2. The van der Waals surface area contributed by atoms with Crippen molar-refractivity contribution in [3.05, 3.63) is 0 Å². The number of hydrogen-bond acceptors (Lipinski definition) is 4. The van der Waals surface area contributed by atoms with Gasteiger partial charge in [0.25, 0.3) is 0 Å². The predicted octanol–water partition coefficient (Wildman–Crippen LogP) is -0.101. The molecule has 0 aromatic rings. The molecule has 16 heavy (non-hydrogen) atoms. The van der Waals surface area contributed by atoms with Gasteiger partial charge in [0.2, 0.25) is 6.41 Å². The first-order valence-electron chi connectivity index (χ1n) is 5.32. The van der Waals surface area contributed by atoms with Crippen LogP contribution in [0.25, 0.3) is 0 Å². The average molecular weight is 229 g/mol. The highest BCUT2D eigenvalue weighted by Crippen LogP contribution is 2.02. The molecule has 0 aromatic heterocycles. The van der Waals surface area contributed by atoms with Gasteiger partial charge in [-0.15, -0.1) is 0 Å². The Kier molecular flexibility index (Phi) is 4.12. The summed E-state index contributed by atoms with van der Waals surface area (Å²) in [6, 6.07) is 0. The van der Waals surface area contributed by atoms with E-state index in [2.05, 4.69) is 10.6 Å². The van der Waals surface area contributed by atoms with Gasteiger partial charge in [-0.25, -0.2) is 4.79 Å². The van der Waals surface area contributed by atoms with Crippen LogP contribution in [0.4, 0.5) is 4.79 Å². The Hall–Kier alpha value is -1.30. The zero-order valence-corrected chi connectivity index (χ0v) is 9.95. The molecule has 1 atom stereocenters. The molecule has 1 rings (SSSR count).